The summed E-state index contributed by atoms with van der Waals surface area (Å²) in [6.45, 7) is 1.92. The van der Waals surface area contributed by atoms with E-state index in [9.17, 15) is 9.18 Å². The van der Waals surface area contributed by atoms with Crippen molar-refractivity contribution in [3.8, 4) is 11.4 Å². The number of carbonyl (C=O) groups excluding carboxylic acids is 1. The predicted molar refractivity (Wildman–Crippen MR) is 128 cm³/mol. The lowest BCUT2D eigenvalue weighted by Crippen LogP contribution is -2.51. The number of carbonyl (C=O) groups is 1. The van der Waals surface area contributed by atoms with Gasteiger partial charge in [-0.25, -0.2) is 24.3 Å². The number of amides is 1. The van der Waals surface area contributed by atoms with Crippen molar-refractivity contribution in [2.24, 2.45) is 0 Å². The van der Waals surface area contributed by atoms with Crippen LogP contribution in [0.15, 0.2) is 49.1 Å². The van der Waals surface area contributed by atoms with Gasteiger partial charge >= 0.3 is 0 Å². The van der Waals surface area contributed by atoms with Crippen molar-refractivity contribution in [1.29, 1.82) is 0 Å². The molecule has 1 saturated heterocycles. The summed E-state index contributed by atoms with van der Waals surface area (Å²) in [5.74, 6) is 0.382. The SMILES string of the molecule is C=I[C@H]1CCC[C@@H](C(=O)Nc2ccc(C)c(-c3ncc(F)cn3)c2)N1c1ncccn1. The number of anilines is 2. The van der Waals surface area contributed by atoms with Crippen molar-refractivity contribution in [1.82, 2.24) is 19.9 Å². The number of benzene rings is 1. The Bertz CT molecular complexity index is 1080. The molecule has 1 amide bonds. The average molecular weight is 532 g/mol. The van der Waals surface area contributed by atoms with E-state index in [-0.39, 0.29) is 36.7 Å². The lowest BCUT2D eigenvalue weighted by Gasteiger charge is -2.39. The molecule has 9 heteroatoms. The molecule has 31 heavy (non-hydrogen) atoms. The largest absolute Gasteiger partial charge is 0.324 e. The van der Waals surface area contributed by atoms with Crippen molar-refractivity contribution in [3.63, 3.8) is 0 Å². The zero-order chi connectivity index (χ0) is 21.8. The van der Waals surface area contributed by atoms with Crippen LogP contribution in [0.5, 0.6) is 0 Å². The highest BCUT2D eigenvalue weighted by atomic mass is 127. The van der Waals surface area contributed by atoms with E-state index in [0.717, 1.165) is 42.8 Å². The van der Waals surface area contributed by atoms with E-state index in [1.807, 2.05) is 30.0 Å². The third-order valence-corrected chi connectivity index (χ3v) is 7.43. The van der Waals surface area contributed by atoms with Crippen LogP contribution in [0, 0.1) is 12.7 Å². The Balaban J connectivity index is 1.60. The third-order valence-electron chi connectivity index (χ3n) is 5.19. The topological polar surface area (TPSA) is 83.9 Å². The quantitative estimate of drug-likeness (QED) is 0.303. The van der Waals surface area contributed by atoms with Crippen molar-refractivity contribution >= 4 is 42.8 Å². The second-order valence-electron chi connectivity index (χ2n) is 7.24. The Hall–Kier alpha value is -2.82. The first kappa shape index (κ1) is 21.4. The molecule has 0 bridgehead atoms. The minimum absolute atomic E-state index is 0.107. The molecule has 0 saturated carbocycles. The van der Waals surface area contributed by atoms with Gasteiger partial charge in [-0.1, -0.05) is 10.6 Å². The van der Waals surface area contributed by atoms with E-state index in [2.05, 4.69) is 29.8 Å². The molecule has 7 nitrogen and oxygen atoms in total. The normalized spacial score (nSPS) is 18.6. The Kier molecular flexibility index (Phi) is 6.59. The van der Waals surface area contributed by atoms with Crippen LogP contribution < -0.4 is 10.2 Å². The summed E-state index contributed by atoms with van der Waals surface area (Å²) in [5.41, 5.74) is 2.31. The monoisotopic (exact) mass is 532 g/mol. The number of alkyl halides is 1. The third kappa shape index (κ3) is 4.76. The molecule has 4 rings (SSSR count). The zero-order valence-corrected chi connectivity index (χ0v) is 19.2. The van der Waals surface area contributed by atoms with Gasteiger partial charge in [0.1, 0.15) is 6.04 Å². The molecule has 1 aliphatic rings. The van der Waals surface area contributed by atoms with Crippen LogP contribution in [0.4, 0.5) is 16.0 Å². The number of aryl methyl sites for hydroxylation is 1. The predicted octanol–water partition coefficient (Wildman–Crippen LogP) is 4.11. The minimum Gasteiger partial charge on any atom is -0.324 e. The molecule has 0 unspecified atom stereocenters. The lowest BCUT2D eigenvalue weighted by atomic mass is 10.0. The van der Waals surface area contributed by atoms with E-state index >= 15 is 0 Å². The molecular formula is C22H22FIN6O. The van der Waals surface area contributed by atoms with Crippen LogP contribution in [0.3, 0.4) is 0 Å². The number of rotatable bonds is 5. The van der Waals surface area contributed by atoms with Crippen LogP contribution >= 0.6 is 20.7 Å². The van der Waals surface area contributed by atoms with Gasteiger partial charge in [0.2, 0.25) is 11.9 Å². The van der Waals surface area contributed by atoms with Gasteiger partial charge in [-0.05, 0) is 49.9 Å². The molecule has 3 aromatic rings. The highest BCUT2D eigenvalue weighted by Gasteiger charge is 2.35. The Morgan fingerprint density at radius 2 is 1.94 bits per heavy atom. The van der Waals surface area contributed by atoms with E-state index in [4.69, 9.17) is 0 Å². The van der Waals surface area contributed by atoms with Gasteiger partial charge in [0.15, 0.2) is 11.6 Å². The Morgan fingerprint density at radius 1 is 1.19 bits per heavy atom. The van der Waals surface area contributed by atoms with E-state index in [1.165, 1.54) is 0 Å². The number of hydrogen-bond donors (Lipinski definition) is 1. The molecule has 1 aliphatic heterocycles. The van der Waals surface area contributed by atoms with Crippen LogP contribution in [0.1, 0.15) is 24.8 Å². The van der Waals surface area contributed by atoms with Crippen LogP contribution in [0.2, 0.25) is 0 Å². The molecule has 160 valence electrons. The second kappa shape index (κ2) is 9.54. The van der Waals surface area contributed by atoms with Gasteiger partial charge in [0.25, 0.3) is 0 Å². The highest BCUT2D eigenvalue weighted by molar-refractivity contribution is 14.2. The lowest BCUT2D eigenvalue weighted by molar-refractivity contribution is -0.117. The summed E-state index contributed by atoms with van der Waals surface area (Å²) < 4.78 is 17.6. The number of nitrogens with zero attached hydrogens (tertiary/aromatic N) is 5. The molecule has 2 aromatic heterocycles. The smallest absolute Gasteiger partial charge is 0.247 e. The number of halogens is 2. The Morgan fingerprint density at radius 3 is 2.65 bits per heavy atom. The van der Waals surface area contributed by atoms with Gasteiger partial charge in [-0.2, -0.15) is 0 Å². The second-order valence-corrected chi connectivity index (χ2v) is 9.55. The number of aromatic nitrogens is 4. The first-order chi connectivity index (χ1) is 15.1. The van der Waals surface area contributed by atoms with Crippen molar-refractivity contribution in [2.75, 3.05) is 10.2 Å². The molecule has 0 aliphatic carbocycles. The summed E-state index contributed by atoms with van der Waals surface area (Å²) in [4.78, 5) is 32.2. The van der Waals surface area contributed by atoms with Crippen molar-refractivity contribution in [2.45, 2.75) is 36.3 Å². The minimum atomic E-state index is -0.492. The molecule has 3 heterocycles. The van der Waals surface area contributed by atoms with E-state index in [1.54, 1.807) is 18.5 Å². The fourth-order valence-electron chi connectivity index (χ4n) is 3.67. The molecule has 0 spiro atoms. The summed E-state index contributed by atoms with van der Waals surface area (Å²) in [6, 6.07) is 6.95. The number of piperidine rings is 1. The molecule has 2 atom stereocenters. The maximum Gasteiger partial charge on any atom is 0.247 e. The fraction of sp³-hybridized carbons (Fsp3) is 0.273. The number of nitrogens with one attached hydrogen (secondary N) is 1. The fourth-order valence-corrected chi connectivity index (χ4v) is 5.61. The van der Waals surface area contributed by atoms with Gasteiger partial charge < -0.3 is 10.2 Å². The maximum absolute atomic E-state index is 13.3. The summed E-state index contributed by atoms with van der Waals surface area (Å²) >= 11 is -0.368. The van der Waals surface area contributed by atoms with Gasteiger partial charge in [0.05, 0.1) is 16.4 Å². The van der Waals surface area contributed by atoms with Gasteiger partial charge in [-0.3, -0.25) is 4.79 Å². The number of hydrogen-bond acceptors (Lipinski definition) is 6. The summed E-state index contributed by atoms with van der Waals surface area (Å²) in [6.07, 6.45) is 8.34. The van der Waals surface area contributed by atoms with E-state index < -0.39 is 5.82 Å². The molecule has 1 fully saturated rings. The average Bonchev–Trinajstić information content (AvgIpc) is 2.81. The molecule has 1 N–H and O–H groups in total. The van der Waals surface area contributed by atoms with Crippen molar-refractivity contribution < 1.29 is 9.18 Å². The first-order valence-corrected chi connectivity index (χ1v) is 12.7. The van der Waals surface area contributed by atoms with Gasteiger partial charge in [0, 0.05) is 23.6 Å². The summed E-state index contributed by atoms with van der Waals surface area (Å²) in [7, 11) is 0. The highest BCUT2D eigenvalue weighted by Crippen LogP contribution is 2.33. The maximum atomic E-state index is 13.3. The standard InChI is InChI=1S/C22H22FIN6O/c1-14-7-8-16(11-17(14)20-27-12-15(23)13-28-20)29-21(31)18-5-3-6-19(24-2)30(18)22-25-9-4-10-26-22/h4,7-13,18-19H,2-3,5-6H2,1H3,(H,29,31)/t18-,19+/m0/s1. The molecular weight excluding hydrogens is 510 g/mol. The summed E-state index contributed by atoms with van der Waals surface area (Å²) in [5, 5.41) is 3.03. The zero-order valence-electron chi connectivity index (χ0n) is 17.0. The van der Waals surface area contributed by atoms with Crippen LogP contribution in [-0.4, -0.2) is 40.4 Å². The first-order valence-electron chi connectivity index (χ1n) is 9.88. The molecule has 0 radical (unpaired) electrons. The Labute approximate surface area is 189 Å². The van der Waals surface area contributed by atoms with Crippen LogP contribution in [0.25, 0.3) is 11.4 Å². The van der Waals surface area contributed by atoms with Crippen molar-refractivity contribution in [3.05, 3.63) is 60.4 Å². The molecule has 1 aromatic carbocycles. The van der Waals surface area contributed by atoms with Crippen LogP contribution in [-0.2, 0) is 4.79 Å². The van der Waals surface area contributed by atoms with E-state index in [0.29, 0.717) is 17.5 Å². The van der Waals surface area contributed by atoms with Gasteiger partial charge in [-0.15, -0.1) is 20.7 Å².